The summed E-state index contributed by atoms with van der Waals surface area (Å²) in [5.41, 5.74) is 7.47. The minimum atomic E-state index is -0.573. The van der Waals surface area contributed by atoms with Crippen molar-refractivity contribution in [3.63, 3.8) is 0 Å². The van der Waals surface area contributed by atoms with Crippen LogP contribution in [-0.4, -0.2) is 43.1 Å². The standard InChI is InChI=1S/C34H32N4O6S/c1-21(32(40)36-25-14-12-22(13-15-25)31(35)39)45-28-11-7-10-26(20-28)37-34(42)29(38-33(41)23-8-5-4-6-9-23)19-24-18-27(43-2)16-17-30(24)44-3/h4-21H,1-3H3,(H2,35,39)(H,36,40)(H,37,42)(H,38,41)/b29-19+. The highest BCUT2D eigenvalue weighted by Gasteiger charge is 2.18. The van der Waals surface area contributed by atoms with Crippen molar-refractivity contribution in [2.75, 3.05) is 24.9 Å². The fourth-order valence-electron chi connectivity index (χ4n) is 4.12. The molecule has 0 saturated carbocycles. The molecule has 0 spiro atoms. The molecule has 4 amide bonds. The molecule has 0 aliphatic rings. The SMILES string of the molecule is COc1ccc(OC)c(/C=C(/NC(=O)c2ccccc2)C(=O)Nc2cccc(SC(C)C(=O)Nc3ccc(C(N)=O)cc3)c2)c1. The van der Waals surface area contributed by atoms with Gasteiger partial charge < -0.3 is 31.2 Å². The summed E-state index contributed by atoms with van der Waals surface area (Å²) in [5.74, 6) is -0.817. The van der Waals surface area contributed by atoms with Crippen molar-refractivity contribution >= 4 is 52.8 Å². The molecule has 45 heavy (non-hydrogen) atoms. The Morgan fingerprint density at radius 1 is 0.778 bits per heavy atom. The van der Waals surface area contributed by atoms with E-state index in [1.807, 2.05) is 6.07 Å². The first-order valence-corrected chi connectivity index (χ1v) is 14.6. The van der Waals surface area contributed by atoms with Crippen LogP contribution < -0.4 is 31.2 Å². The summed E-state index contributed by atoms with van der Waals surface area (Å²) in [6, 6.07) is 27.0. The Labute approximate surface area is 265 Å². The molecule has 0 radical (unpaired) electrons. The molecule has 0 aromatic heterocycles. The van der Waals surface area contributed by atoms with Crippen molar-refractivity contribution in [2.45, 2.75) is 17.1 Å². The Kier molecular flexibility index (Phi) is 11.0. The second-order valence-electron chi connectivity index (χ2n) is 9.66. The molecule has 0 saturated heterocycles. The van der Waals surface area contributed by atoms with E-state index < -0.39 is 23.0 Å². The van der Waals surface area contributed by atoms with Gasteiger partial charge in [0.05, 0.1) is 19.5 Å². The third-order valence-corrected chi connectivity index (χ3v) is 7.57. The number of nitrogens with two attached hydrogens (primary N) is 1. The average Bonchev–Trinajstić information content (AvgIpc) is 3.05. The van der Waals surface area contributed by atoms with E-state index in [4.69, 9.17) is 15.2 Å². The van der Waals surface area contributed by atoms with Crippen LogP contribution in [0.1, 0.15) is 33.2 Å². The lowest BCUT2D eigenvalue weighted by molar-refractivity contribution is -0.115. The van der Waals surface area contributed by atoms with E-state index in [2.05, 4.69) is 16.0 Å². The number of rotatable bonds is 12. The Hall–Kier alpha value is -5.55. The molecule has 1 atom stereocenters. The van der Waals surface area contributed by atoms with Gasteiger partial charge in [0.15, 0.2) is 0 Å². The van der Waals surface area contributed by atoms with Gasteiger partial charge >= 0.3 is 0 Å². The van der Waals surface area contributed by atoms with E-state index in [1.165, 1.54) is 44.2 Å². The lowest BCUT2D eigenvalue weighted by Crippen LogP contribution is -2.30. The molecular formula is C34H32N4O6S. The molecule has 0 aliphatic heterocycles. The van der Waals surface area contributed by atoms with Gasteiger partial charge in [0.25, 0.3) is 11.8 Å². The van der Waals surface area contributed by atoms with Crippen LogP contribution in [-0.2, 0) is 9.59 Å². The first kappa shape index (κ1) is 32.4. The number of carbonyl (C=O) groups excluding carboxylic acids is 4. The lowest BCUT2D eigenvalue weighted by Gasteiger charge is -2.15. The number of amides is 4. The minimum absolute atomic E-state index is 0.0245. The maximum Gasteiger partial charge on any atom is 0.272 e. The van der Waals surface area contributed by atoms with E-state index >= 15 is 0 Å². The highest BCUT2D eigenvalue weighted by atomic mass is 32.2. The molecule has 0 bridgehead atoms. The number of carbonyl (C=O) groups is 4. The zero-order chi connectivity index (χ0) is 32.3. The normalized spacial score (nSPS) is 11.6. The topological polar surface area (TPSA) is 149 Å². The number of ether oxygens (including phenoxy) is 2. The third-order valence-electron chi connectivity index (χ3n) is 6.48. The van der Waals surface area contributed by atoms with Crippen molar-refractivity contribution in [1.29, 1.82) is 0 Å². The van der Waals surface area contributed by atoms with Gasteiger partial charge in [-0.1, -0.05) is 24.3 Å². The van der Waals surface area contributed by atoms with Gasteiger partial charge in [-0.25, -0.2) is 0 Å². The number of methoxy groups -OCH3 is 2. The first-order chi connectivity index (χ1) is 21.7. The lowest BCUT2D eigenvalue weighted by atomic mass is 10.1. The number of primary amides is 1. The summed E-state index contributed by atoms with van der Waals surface area (Å²) < 4.78 is 10.8. The van der Waals surface area contributed by atoms with Gasteiger partial charge in [-0.05, 0) is 85.8 Å². The molecule has 4 rings (SSSR count). The van der Waals surface area contributed by atoms with Crippen LogP contribution in [0.25, 0.3) is 6.08 Å². The van der Waals surface area contributed by atoms with Crippen LogP contribution in [0.15, 0.2) is 108 Å². The number of anilines is 2. The number of nitrogens with one attached hydrogen (secondary N) is 3. The highest BCUT2D eigenvalue weighted by molar-refractivity contribution is 8.00. The van der Waals surface area contributed by atoms with Gasteiger partial charge in [0.2, 0.25) is 11.8 Å². The van der Waals surface area contributed by atoms with E-state index in [-0.39, 0.29) is 11.6 Å². The second-order valence-corrected chi connectivity index (χ2v) is 11.1. The molecule has 4 aromatic carbocycles. The van der Waals surface area contributed by atoms with Gasteiger partial charge in [0.1, 0.15) is 17.2 Å². The summed E-state index contributed by atoms with van der Waals surface area (Å²) in [5, 5.41) is 7.87. The van der Waals surface area contributed by atoms with Gasteiger partial charge in [-0.15, -0.1) is 11.8 Å². The van der Waals surface area contributed by atoms with Crippen LogP contribution >= 0.6 is 11.8 Å². The predicted octanol–water partition coefficient (Wildman–Crippen LogP) is 5.33. The van der Waals surface area contributed by atoms with Crippen molar-refractivity contribution in [3.05, 3.63) is 119 Å². The van der Waals surface area contributed by atoms with E-state index in [1.54, 1.807) is 85.8 Å². The summed E-state index contributed by atoms with van der Waals surface area (Å²) in [6.07, 6.45) is 1.51. The first-order valence-electron chi connectivity index (χ1n) is 13.8. The van der Waals surface area contributed by atoms with Crippen LogP contribution in [0.5, 0.6) is 11.5 Å². The molecule has 5 N–H and O–H groups in total. The number of hydrogen-bond donors (Lipinski definition) is 4. The Bertz CT molecular complexity index is 1720. The molecule has 4 aromatic rings. The summed E-state index contributed by atoms with van der Waals surface area (Å²) >= 11 is 1.30. The zero-order valence-electron chi connectivity index (χ0n) is 24.8. The molecule has 0 heterocycles. The van der Waals surface area contributed by atoms with Crippen LogP contribution in [0.4, 0.5) is 11.4 Å². The van der Waals surface area contributed by atoms with Crippen molar-refractivity contribution < 1.29 is 28.7 Å². The smallest absolute Gasteiger partial charge is 0.272 e. The molecule has 0 aliphatic carbocycles. The number of thioether (sulfide) groups is 1. The predicted molar refractivity (Wildman–Crippen MR) is 175 cm³/mol. The molecule has 1 unspecified atom stereocenters. The van der Waals surface area contributed by atoms with Crippen LogP contribution in [0.3, 0.4) is 0 Å². The van der Waals surface area contributed by atoms with Gasteiger partial charge in [-0.2, -0.15) is 0 Å². The van der Waals surface area contributed by atoms with E-state index in [0.717, 1.165) is 4.90 Å². The second kappa shape index (κ2) is 15.3. The maximum atomic E-state index is 13.6. The van der Waals surface area contributed by atoms with Crippen molar-refractivity contribution in [2.24, 2.45) is 5.73 Å². The Morgan fingerprint density at radius 3 is 2.18 bits per heavy atom. The summed E-state index contributed by atoms with van der Waals surface area (Å²) in [7, 11) is 3.03. The number of benzene rings is 4. The Balaban J connectivity index is 1.51. The monoisotopic (exact) mass is 624 g/mol. The molecule has 10 nitrogen and oxygen atoms in total. The molecule has 11 heteroatoms. The third kappa shape index (κ3) is 8.97. The molecular weight excluding hydrogens is 592 g/mol. The van der Waals surface area contributed by atoms with E-state index in [9.17, 15) is 19.2 Å². The quantitative estimate of drug-likeness (QED) is 0.123. The van der Waals surface area contributed by atoms with Crippen molar-refractivity contribution in [1.82, 2.24) is 5.32 Å². The fraction of sp³-hybridized carbons (Fsp3) is 0.118. The molecule has 0 fully saturated rings. The van der Waals surface area contributed by atoms with Gasteiger partial charge in [-0.3, -0.25) is 19.2 Å². The fourth-order valence-corrected chi connectivity index (χ4v) is 5.04. The summed E-state index contributed by atoms with van der Waals surface area (Å²) in [4.78, 5) is 51.5. The largest absolute Gasteiger partial charge is 0.497 e. The number of hydrogen-bond acceptors (Lipinski definition) is 7. The van der Waals surface area contributed by atoms with Gasteiger partial charge in [0, 0.05) is 33.0 Å². The molecule has 230 valence electrons. The van der Waals surface area contributed by atoms with E-state index in [0.29, 0.717) is 39.6 Å². The average molecular weight is 625 g/mol. The maximum absolute atomic E-state index is 13.6. The summed E-state index contributed by atoms with van der Waals surface area (Å²) in [6.45, 7) is 1.75. The zero-order valence-corrected chi connectivity index (χ0v) is 25.6. The van der Waals surface area contributed by atoms with Crippen molar-refractivity contribution in [3.8, 4) is 11.5 Å². The van der Waals surface area contributed by atoms with Crippen LogP contribution in [0.2, 0.25) is 0 Å². The highest BCUT2D eigenvalue weighted by Crippen LogP contribution is 2.28. The van der Waals surface area contributed by atoms with Crippen LogP contribution in [0, 0.1) is 0 Å². The Morgan fingerprint density at radius 2 is 1.51 bits per heavy atom. The minimum Gasteiger partial charge on any atom is -0.497 e.